The third-order valence-electron chi connectivity index (χ3n) is 5.51. The van der Waals surface area contributed by atoms with Crippen LogP contribution in [0.5, 0.6) is 0 Å². The van der Waals surface area contributed by atoms with Crippen LogP contribution in [0.3, 0.4) is 0 Å². The summed E-state index contributed by atoms with van der Waals surface area (Å²) in [4.78, 5) is 12.1. The molecular weight excluding hydrogens is 370 g/mol. The molecule has 5 heteroatoms. The van der Waals surface area contributed by atoms with Crippen molar-refractivity contribution in [1.29, 1.82) is 0 Å². The number of carbonyl (C=O) groups excluding carboxylic acids is 1. The van der Waals surface area contributed by atoms with Gasteiger partial charge in [-0.2, -0.15) is 0 Å². The van der Waals surface area contributed by atoms with Gasteiger partial charge in [0.15, 0.2) is 0 Å². The highest BCUT2D eigenvalue weighted by molar-refractivity contribution is 7.93. The molecule has 3 aromatic carbocycles. The van der Waals surface area contributed by atoms with Crippen molar-refractivity contribution in [1.82, 2.24) is 4.57 Å². The second-order valence-electron chi connectivity index (χ2n) is 7.09. The SMILES string of the molecule is Cc1ccc(S(=O)(=O)C2(n3cccc3)C(=O)c3cccc4cccc2c34)cc1. The highest BCUT2D eigenvalue weighted by atomic mass is 32.2. The van der Waals surface area contributed by atoms with Crippen LogP contribution in [0.2, 0.25) is 0 Å². The summed E-state index contributed by atoms with van der Waals surface area (Å²) in [5.41, 5.74) is 1.90. The highest BCUT2D eigenvalue weighted by Crippen LogP contribution is 2.49. The third kappa shape index (κ3) is 1.94. The second kappa shape index (κ2) is 5.66. The molecular formula is C23H17NO3S. The number of Topliss-reactive ketones (excluding diaryl/α,β-unsaturated/α-hetero) is 1. The minimum absolute atomic E-state index is 0.130. The van der Waals surface area contributed by atoms with Crippen LogP contribution in [0.15, 0.2) is 90.1 Å². The Morgan fingerprint density at radius 1 is 0.821 bits per heavy atom. The van der Waals surface area contributed by atoms with Gasteiger partial charge >= 0.3 is 0 Å². The Morgan fingerprint density at radius 2 is 1.46 bits per heavy atom. The van der Waals surface area contributed by atoms with E-state index in [0.717, 1.165) is 10.9 Å². The first kappa shape index (κ1) is 17.0. The van der Waals surface area contributed by atoms with Gasteiger partial charge < -0.3 is 4.57 Å². The van der Waals surface area contributed by atoms with Crippen molar-refractivity contribution in [2.75, 3.05) is 0 Å². The summed E-state index contributed by atoms with van der Waals surface area (Å²) in [6, 6.07) is 21.0. The number of aryl methyl sites for hydroxylation is 1. The van der Waals surface area contributed by atoms with Crippen LogP contribution in [0.4, 0.5) is 0 Å². The molecule has 0 radical (unpaired) electrons. The van der Waals surface area contributed by atoms with Gasteiger partial charge in [0.05, 0.1) is 4.90 Å². The molecule has 138 valence electrons. The minimum Gasteiger partial charge on any atom is -0.324 e. The van der Waals surface area contributed by atoms with Crippen molar-refractivity contribution < 1.29 is 13.2 Å². The quantitative estimate of drug-likeness (QED) is 0.526. The van der Waals surface area contributed by atoms with E-state index in [1.54, 1.807) is 67.0 Å². The van der Waals surface area contributed by atoms with E-state index in [2.05, 4.69) is 0 Å². The van der Waals surface area contributed by atoms with E-state index in [1.165, 1.54) is 4.57 Å². The standard InChI is InChI=1S/C23H17NO3S/c1-16-10-12-18(13-11-16)28(26,27)23(24-14-2-3-15-24)20-9-5-7-17-6-4-8-19(21(17)20)22(23)25/h2-15H,1H3. The number of rotatable bonds is 3. The van der Waals surface area contributed by atoms with Gasteiger partial charge in [0, 0.05) is 23.5 Å². The van der Waals surface area contributed by atoms with Crippen LogP contribution < -0.4 is 0 Å². The summed E-state index contributed by atoms with van der Waals surface area (Å²) in [5, 5.41) is 1.57. The van der Waals surface area contributed by atoms with Gasteiger partial charge in [-0.05, 0) is 42.0 Å². The molecule has 0 amide bonds. The molecule has 0 fully saturated rings. The summed E-state index contributed by atoms with van der Waals surface area (Å²) in [5.74, 6) is -0.420. The van der Waals surface area contributed by atoms with Crippen LogP contribution in [0, 0.1) is 6.92 Å². The fourth-order valence-corrected chi connectivity index (χ4v) is 6.26. The molecule has 1 aliphatic rings. The van der Waals surface area contributed by atoms with Gasteiger partial charge in [-0.3, -0.25) is 4.79 Å². The topological polar surface area (TPSA) is 56.1 Å². The van der Waals surface area contributed by atoms with Gasteiger partial charge in [-0.15, -0.1) is 0 Å². The van der Waals surface area contributed by atoms with Crippen molar-refractivity contribution in [3.8, 4) is 0 Å². The van der Waals surface area contributed by atoms with Gasteiger partial charge in [0.2, 0.25) is 20.5 Å². The highest BCUT2D eigenvalue weighted by Gasteiger charge is 2.58. The molecule has 0 saturated heterocycles. The molecule has 0 aliphatic heterocycles. The molecule has 4 nitrogen and oxygen atoms in total. The van der Waals surface area contributed by atoms with Gasteiger partial charge in [0.25, 0.3) is 0 Å². The van der Waals surface area contributed by atoms with Gasteiger partial charge in [-0.1, -0.05) is 54.1 Å². The number of benzene rings is 3. The third-order valence-corrected chi connectivity index (χ3v) is 7.80. The van der Waals surface area contributed by atoms with Crippen molar-refractivity contribution in [2.24, 2.45) is 0 Å². The van der Waals surface area contributed by atoms with Crippen molar-refractivity contribution in [3.63, 3.8) is 0 Å². The Hall–Kier alpha value is -3.18. The molecule has 28 heavy (non-hydrogen) atoms. The summed E-state index contributed by atoms with van der Waals surface area (Å²) < 4.78 is 29.6. The van der Waals surface area contributed by atoms with Crippen LogP contribution >= 0.6 is 0 Å². The maximum absolute atomic E-state index is 14.0. The maximum Gasteiger partial charge on any atom is 0.240 e. The number of carbonyl (C=O) groups is 1. The molecule has 1 unspecified atom stereocenters. The Kier molecular flexibility index (Phi) is 3.43. The normalized spacial score (nSPS) is 18.7. The molecule has 1 aromatic heterocycles. The average Bonchev–Trinajstić information content (AvgIpc) is 3.30. The zero-order valence-corrected chi connectivity index (χ0v) is 16.0. The molecule has 0 saturated carbocycles. The molecule has 0 N–H and O–H groups in total. The van der Waals surface area contributed by atoms with E-state index in [4.69, 9.17) is 0 Å². The summed E-state index contributed by atoms with van der Waals surface area (Å²) in [7, 11) is -4.09. The number of ketones is 1. The lowest BCUT2D eigenvalue weighted by molar-refractivity contribution is 0.0929. The number of aromatic nitrogens is 1. The summed E-state index contributed by atoms with van der Waals surface area (Å²) in [6.45, 7) is 1.90. The van der Waals surface area contributed by atoms with Crippen molar-refractivity contribution in [2.45, 2.75) is 16.7 Å². The largest absolute Gasteiger partial charge is 0.324 e. The first-order chi connectivity index (χ1) is 13.5. The molecule has 1 heterocycles. The lowest BCUT2D eigenvalue weighted by Crippen LogP contribution is -2.46. The Morgan fingerprint density at radius 3 is 2.14 bits per heavy atom. The first-order valence-corrected chi connectivity index (χ1v) is 10.5. The fraction of sp³-hybridized carbons (Fsp3) is 0.0870. The molecule has 0 bridgehead atoms. The second-order valence-corrected chi connectivity index (χ2v) is 9.16. The average molecular weight is 387 g/mol. The number of hydrogen-bond donors (Lipinski definition) is 0. The maximum atomic E-state index is 14.0. The Balaban J connectivity index is 1.94. The minimum atomic E-state index is -4.09. The zero-order valence-electron chi connectivity index (χ0n) is 15.2. The Labute approximate surface area is 163 Å². The van der Waals surface area contributed by atoms with E-state index >= 15 is 0 Å². The number of hydrogen-bond acceptors (Lipinski definition) is 3. The van der Waals surface area contributed by atoms with Crippen molar-refractivity contribution >= 4 is 26.4 Å². The molecule has 0 spiro atoms. The van der Waals surface area contributed by atoms with Crippen LogP contribution in [0.1, 0.15) is 21.5 Å². The van der Waals surface area contributed by atoms with E-state index in [1.807, 2.05) is 25.1 Å². The lowest BCUT2D eigenvalue weighted by atomic mass is 10.0. The summed E-state index contributed by atoms with van der Waals surface area (Å²) in [6.07, 6.45) is 3.29. The molecule has 1 atom stereocenters. The predicted molar refractivity (Wildman–Crippen MR) is 108 cm³/mol. The van der Waals surface area contributed by atoms with Crippen LogP contribution in [0.25, 0.3) is 10.8 Å². The predicted octanol–water partition coefficient (Wildman–Crippen LogP) is 4.32. The molecule has 5 rings (SSSR count). The monoisotopic (exact) mass is 387 g/mol. The van der Waals surface area contributed by atoms with E-state index in [-0.39, 0.29) is 4.90 Å². The smallest absolute Gasteiger partial charge is 0.240 e. The molecule has 4 aromatic rings. The zero-order chi connectivity index (χ0) is 19.5. The van der Waals surface area contributed by atoms with Gasteiger partial charge in [0.1, 0.15) is 0 Å². The van der Waals surface area contributed by atoms with Gasteiger partial charge in [-0.25, -0.2) is 8.42 Å². The molecule has 1 aliphatic carbocycles. The number of nitrogens with zero attached hydrogens (tertiary/aromatic N) is 1. The Bertz CT molecular complexity index is 1330. The lowest BCUT2D eigenvalue weighted by Gasteiger charge is -2.31. The van der Waals surface area contributed by atoms with Crippen LogP contribution in [-0.2, 0) is 14.7 Å². The van der Waals surface area contributed by atoms with Crippen LogP contribution in [-0.4, -0.2) is 18.8 Å². The van der Waals surface area contributed by atoms with Crippen molar-refractivity contribution in [3.05, 3.63) is 102 Å². The van der Waals surface area contributed by atoms with E-state index < -0.39 is 20.5 Å². The fourth-order valence-electron chi connectivity index (χ4n) is 4.21. The van der Waals surface area contributed by atoms with E-state index in [0.29, 0.717) is 16.5 Å². The summed E-state index contributed by atoms with van der Waals surface area (Å²) >= 11 is 0. The first-order valence-electron chi connectivity index (χ1n) is 9.00. The van der Waals surface area contributed by atoms with E-state index in [9.17, 15) is 13.2 Å². The number of sulfone groups is 1.